The molecule has 0 spiro atoms. The van der Waals surface area contributed by atoms with Gasteiger partial charge in [0.05, 0.1) is 0 Å². The molecule has 0 radical (unpaired) electrons. The Bertz CT molecular complexity index is 437. The fourth-order valence-electron chi connectivity index (χ4n) is 1.34. The highest BCUT2D eigenvalue weighted by molar-refractivity contribution is 14.1. The van der Waals surface area contributed by atoms with Crippen LogP contribution in [-0.2, 0) is 0 Å². The minimum Gasteiger partial charge on any atom is -0.0837 e. The first kappa shape index (κ1) is 9.99. The van der Waals surface area contributed by atoms with E-state index in [4.69, 9.17) is 11.6 Å². The lowest BCUT2D eigenvalue weighted by atomic mass is 10.1. The Hall–Kier alpha value is -0.540. The van der Waals surface area contributed by atoms with Crippen LogP contribution in [0.5, 0.6) is 0 Å². The highest BCUT2D eigenvalue weighted by atomic mass is 127. The molecule has 0 fully saturated rings. The van der Waals surface area contributed by atoms with Gasteiger partial charge in [0.25, 0.3) is 0 Å². The van der Waals surface area contributed by atoms with E-state index >= 15 is 0 Å². The highest BCUT2D eigenvalue weighted by Gasteiger charge is 2.02. The molecule has 2 aromatic carbocycles. The molecular formula is C12H8ClI. The summed E-state index contributed by atoms with van der Waals surface area (Å²) in [5.41, 5.74) is 2.26. The van der Waals surface area contributed by atoms with Crippen molar-refractivity contribution in [1.82, 2.24) is 0 Å². The van der Waals surface area contributed by atoms with Crippen LogP contribution in [0.1, 0.15) is 0 Å². The maximum absolute atomic E-state index is 6.13. The summed E-state index contributed by atoms with van der Waals surface area (Å²) in [4.78, 5) is 0. The van der Waals surface area contributed by atoms with Gasteiger partial charge in [-0.05, 0) is 46.4 Å². The molecule has 0 nitrogen and oxygen atoms in total. The van der Waals surface area contributed by atoms with Crippen molar-refractivity contribution in [3.8, 4) is 11.1 Å². The van der Waals surface area contributed by atoms with Crippen LogP contribution < -0.4 is 0 Å². The van der Waals surface area contributed by atoms with Gasteiger partial charge in [0.15, 0.2) is 0 Å². The van der Waals surface area contributed by atoms with E-state index in [2.05, 4.69) is 40.8 Å². The van der Waals surface area contributed by atoms with Gasteiger partial charge in [0.1, 0.15) is 0 Å². The third kappa shape index (κ3) is 2.10. The zero-order chi connectivity index (χ0) is 9.97. The Morgan fingerprint density at radius 2 is 1.64 bits per heavy atom. The second-order valence-electron chi connectivity index (χ2n) is 2.99. The van der Waals surface area contributed by atoms with Gasteiger partial charge in [0.2, 0.25) is 0 Å². The van der Waals surface area contributed by atoms with Crippen molar-refractivity contribution < 1.29 is 0 Å². The van der Waals surface area contributed by atoms with E-state index < -0.39 is 0 Å². The molecule has 0 aromatic heterocycles. The van der Waals surface area contributed by atoms with Crippen molar-refractivity contribution in [2.45, 2.75) is 0 Å². The molecule has 0 amide bonds. The molecule has 14 heavy (non-hydrogen) atoms. The summed E-state index contributed by atoms with van der Waals surface area (Å²) >= 11 is 8.42. The zero-order valence-electron chi connectivity index (χ0n) is 7.37. The lowest BCUT2D eigenvalue weighted by molar-refractivity contribution is 1.59. The molecular weight excluding hydrogens is 306 g/mol. The Labute approximate surface area is 102 Å². The molecule has 2 aromatic rings. The lowest BCUT2D eigenvalue weighted by Crippen LogP contribution is -1.80. The maximum atomic E-state index is 6.13. The highest BCUT2D eigenvalue weighted by Crippen LogP contribution is 2.28. The Morgan fingerprint density at radius 3 is 2.36 bits per heavy atom. The van der Waals surface area contributed by atoms with Gasteiger partial charge in [-0.2, -0.15) is 0 Å². The Morgan fingerprint density at radius 1 is 0.929 bits per heavy atom. The van der Waals surface area contributed by atoms with Gasteiger partial charge in [0, 0.05) is 14.2 Å². The van der Waals surface area contributed by atoms with Crippen LogP contribution in [-0.4, -0.2) is 0 Å². The molecule has 2 rings (SSSR count). The molecule has 0 saturated heterocycles. The second-order valence-corrected chi connectivity index (χ2v) is 4.64. The smallest absolute Gasteiger partial charge is 0.0485 e. The van der Waals surface area contributed by atoms with Gasteiger partial charge in [-0.25, -0.2) is 0 Å². The molecule has 0 N–H and O–H groups in total. The number of rotatable bonds is 1. The first-order valence-electron chi connectivity index (χ1n) is 4.28. The van der Waals surface area contributed by atoms with E-state index in [1.165, 1.54) is 3.57 Å². The van der Waals surface area contributed by atoms with Crippen molar-refractivity contribution in [3.63, 3.8) is 0 Å². The number of halogens is 2. The van der Waals surface area contributed by atoms with Crippen LogP contribution in [0.4, 0.5) is 0 Å². The topological polar surface area (TPSA) is 0 Å². The van der Waals surface area contributed by atoms with Crippen LogP contribution in [0.3, 0.4) is 0 Å². The largest absolute Gasteiger partial charge is 0.0837 e. The molecule has 0 aliphatic carbocycles. The molecule has 2 heteroatoms. The summed E-state index contributed by atoms with van der Waals surface area (Å²) in [6, 6.07) is 16.2. The van der Waals surface area contributed by atoms with Crippen molar-refractivity contribution in [3.05, 3.63) is 57.1 Å². The quantitative estimate of drug-likeness (QED) is 0.674. The predicted octanol–water partition coefficient (Wildman–Crippen LogP) is 4.61. The Kier molecular flexibility index (Phi) is 3.08. The van der Waals surface area contributed by atoms with Crippen molar-refractivity contribution in [2.75, 3.05) is 0 Å². The third-order valence-electron chi connectivity index (χ3n) is 2.01. The standard InChI is InChI=1S/C12H8ClI/c13-12-7-6-10(14)8-11(12)9-4-2-1-3-5-9/h1-8H. The van der Waals surface area contributed by atoms with E-state index in [1.54, 1.807) is 0 Å². The zero-order valence-corrected chi connectivity index (χ0v) is 10.3. The van der Waals surface area contributed by atoms with Crippen LogP contribution in [0.25, 0.3) is 11.1 Å². The van der Waals surface area contributed by atoms with Gasteiger partial charge in [-0.3, -0.25) is 0 Å². The van der Waals surface area contributed by atoms with Crippen molar-refractivity contribution >= 4 is 34.2 Å². The van der Waals surface area contributed by atoms with E-state index in [-0.39, 0.29) is 0 Å². The molecule has 0 saturated carbocycles. The molecule has 0 bridgehead atoms. The summed E-state index contributed by atoms with van der Waals surface area (Å²) in [6.45, 7) is 0. The first-order valence-corrected chi connectivity index (χ1v) is 5.73. The molecule has 70 valence electrons. The molecule has 0 aliphatic rings. The van der Waals surface area contributed by atoms with Gasteiger partial charge in [-0.1, -0.05) is 41.9 Å². The molecule has 0 unspecified atom stereocenters. The SMILES string of the molecule is Clc1ccc(I)cc1-c1ccccc1. The van der Waals surface area contributed by atoms with Crippen LogP contribution in [0, 0.1) is 3.57 Å². The van der Waals surface area contributed by atoms with Gasteiger partial charge in [-0.15, -0.1) is 0 Å². The number of benzene rings is 2. The average molecular weight is 315 g/mol. The fourth-order valence-corrected chi connectivity index (χ4v) is 2.05. The third-order valence-corrected chi connectivity index (χ3v) is 3.01. The van der Waals surface area contributed by atoms with Crippen LogP contribution >= 0.6 is 34.2 Å². The van der Waals surface area contributed by atoms with E-state index in [0.29, 0.717) is 0 Å². The van der Waals surface area contributed by atoms with E-state index in [9.17, 15) is 0 Å². The predicted molar refractivity (Wildman–Crippen MR) is 69.6 cm³/mol. The molecule has 0 heterocycles. The molecule has 0 atom stereocenters. The number of hydrogen-bond donors (Lipinski definition) is 0. The summed E-state index contributed by atoms with van der Waals surface area (Å²) in [6.07, 6.45) is 0. The van der Waals surface area contributed by atoms with Crippen molar-refractivity contribution in [1.29, 1.82) is 0 Å². The Balaban J connectivity index is 2.57. The first-order chi connectivity index (χ1) is 6.77. The van der Waals surface area contributed by atoms with Crippen molar-refractivity contribution in [2.24, 2.45) is 0 Å². The maximum Gasteiger partial charge on any atom is 0.0485 e. The fraction of sp³-hybridized carbons (Fsp3) is 0. The van der Waals surface area contributed by atoms with Crippen LogP contribution in [0.15, 0.2) is 48.5 Å². The summed E-state index contributed by atoms with van der Waals surface area (Å²) in [5, 5.41) is 0.802. The summed E-state index contributed by atoms with van der Waals surface area (Å²) in [7, 11) is 0. The second kappa shape index (κ2) is 4.32. The average Bonchev–Trinajstić information content (AvgIpc) is 2.23. The van der Waals surface area contributed by atoms with Gasteiger partial charge < -0.3 is 0 Å². The monoisotopic (exact) mass is 314 g/mol. The minimum atomic E-state index is 0.802. The summed E-state index contributed by atoms with van der Waals surface area (Å²) < 4.78 is 1.20. The number of hydrogen-bond acceptors (Lipinski definition) is 0. The normalized spacial score (nSPS) is 10.1. The van der Waals surface area contributed by atoms with E-state index in [1.807, 2.05) is 30.3 Å². The van der Waals surface area contributed by atoms with E-state index in [0.717, 1.165) is 16.1 Å². The summed E-state index contributed by atoms with van der Waals surface area (Å²) in [5.74, 6) is 0. The lowest BCUT2D eigenvalue weighted by Gasteiger charge is -2.04. The van der Waals surface area contributed by atoms with Crippen LogP contribution in [0.2, 0.25) is 5.02 Å². The minimum absolute atomic E-state index is 0.802. The van der Waals surface area contributed by atoms with Gasteiger partial charge >= 0.3 is 0 Å². The molecule has 0 aliphatic heterocycles.